The molecule has 3 rings (SSSR count). The molecule has 120 valence electrons. The number of carbonyl (C=O) groups is 1. The van der Waals surface area contributed by atoms with Gasteiger partial charge in [-0.3, -0.25) is 10.1 Å². The van der Waals surface area contributed by atoms with E-state index in [1.807, 2.05) is 6.92 Å². The number of fused-ring (bicyclic) bond motifs is 1. The highest BCUT2D eigenvalue weighted by Crippen LogP contribution is 2.28. The molecule has 0 bridgehead atoms. The minimum Gasteiger partial charge on any atom is -0.334 e. The van der Waals surface area contributed by atoms with Gasteiger partial charge in [-0.2, -0.15) is 13.2 Å². The number of H-pyrrole nitrogens is 1. The number of hydrogen-bond donors (Lipinski definition) is 2. The molecule has 0 saturated heterocycles. The molecule has 0 aliphatic rings. The number of carbonyl (C=O) groups excluding carboxylic acids is 1. The Morgan fingerprint density at radius 1 is 1.35 bits per heavy atom. The summed E-state index contributed by atoms with van der Waals surface area (Å²) in [5, 5.41) is 11.4. The lowest BCUT2D eigenvalue weighted by Crippen LogP contribution is -2.11. The van der Waals surface area contributed by atoms with Gasteiger partial charge in [-0.25, -0.2) is 4.98 Å². The molecule has 2 N–H and O–H groups in total. The van der Waals surface area contributed by atoms with E-state index >= 15 is 0 Å². The predicted molar refractivity (Wildman–Crippen MR) is 78.3 cm³/mol. The molecule has 0 saturated carbocycles. The van der Waals surface area contributed by atoms with Crippen molar-refractivity contribution >= 4 is 33.4 Å². The van der Waals surface area contributed by atoms with Gasteiger partial charge in [-0.1, -0.05) is 18.3 Å². The lowest BCUT2D eigenvalue weighted by Gasteiger charge is -2.01. The maximum absolute atomic E-state index is 12.6. The number of amides is 1. The maximum atomic E-state index is 12.6. The number of nitrogens with zero attached hydrogens (tertiary/aromatic N) is 3. The Morgan fingerprint density at radius 3 is 2.78 bits per heavy atom. The van der Waals surface area contributed by atoms with Crippen molar-refractivity contribution in [3.63, 3.8) is 0 Å². The average Bonchev–Trinajstić information content (AvgIpc) is 3.11. The molecule has 2 aromatic heterocycles. The van der Waals surface area contributed by atoms with Crippen molar-refractivity contribution in [2.75, 3.05) is 5.32 Å². The number of aromatic nitrogens is 4. The molecule has 2 heterocycles. The predicted octanol–water partition coefficient (Wildman–Crippen LogP) is 3.25. The van der Waals surface area contributed by atoms with Crippen LogP contribution >= 0.6 is 11.3 Å². The minimum absolute atomic E-state index is 0.136. The van der Waals surface area contributed by atoms with Gasteiger partial charge in [0.2, 0.25) is 11.0 Å². The molecule has 0 aliphatic carbocycles. The first-order valence-corrected chi connectivity index (χ1v) is 7.39. The first-order valence-electron chi connectivity index (χ1n) is 6.57. The number of anilines is 1. The number of halogens is 3. The van der Waals surface area contributed by atoms with E-state index in [4.69, 9.17) is 0 Å². The highest BCUT2D eigenvalue weighted by atomic mass is 32.1. The monoisotopic (exact) mass is 341 g/mol. The summed E-state index contributed by atoms with van der Waals surface area (Å²) in [4.78, 5) is 17.7. The molecule has 0 fully saturated rings. The fourth-order valence-corrected chi connectivity index (χ4v) is 2.58. The zero-order valence-electron chi connectivity index (χ0n) is 11.7. The smallest absolute Gasteiger partial charge is 0.334 e. The summed E-state index contributed by atoms with van der Waals surface area (Å²) in [7, 11) is 0. The number of alkyl halides is 3. The van der Waals surface area contributed by atoms with Crippen LogP contribution in [0, 0.1) is 0 Å². The minimum atomic E-state index is -4.56. The quantitative estimate of drug-likeness (QED) is 0.766. The zero-order valence-corrected chi connectivity index (χ0v) is 12.5. The largest absolute Gasteiger partial charge is 0.449 e. The first kappa shape index (κ1) is 15.4. The van der Waals surface area contributed by atoms with Gasteiger partial charge in [0, 0.05) is 5.56 Å². The summed E-state index contributed by atoms with van der Waals surface area (Å²) in [5.41, 5.74) is 0.470. The molecule has 23 heavy (non-hydrogen) atoms. The number of aryl methyl sites for hydroxylation is 1. The van der Waals surface area contributed by atoms with Crippen LogP contribution < -0.4 is 5.32 Å². The zero-order chi connectivity index (χ0) is 16.6. The van der Waals surface area contributed by atoms with Gasteiger partial charge < -0.3 is 4.98 Å². The van der Waals surface area contributed by atoms with Crippen molar-refractivity contribution in [3.05, 3.63) is 34.6 Å². The SMILES string of the molecule is CCc1nnc(NC(=O)c2ccc3nc(C(F)(F)F)[nH]c3c2)s1. The van der Waals surface area contributed by atoms with E-state index in [1.54, 1.807) is 0 Å². The van der Waals surface area contributed by atoms with Gasteiger partial charge in [0.05, 0.1) is 11.0 Å². The van der Waals surface area contributed by atoms with Crippen molar-refractivity contribution in [2.45, 2.75) is 19.5 Å². The van der Waals surface area contributed by atoms with E-state index in [2.05, 4.69) is 25.5 Å². The van der Waals surface area contributed by atoms with Crippen molar-refractivity contribution in [2.24, 2.45) is 0 Å². The van der Waals surface area contributed by atoms with E-state index < -0.39 is 17.9 Å². The van der Waals surface area contributed by atoms with Crippen LogP contribution in [0.2, 0.25) is 0 Å². The van der Waals surface area contributed by atoms with Gasteiger partial charge >= 0.3 is 6.18 Å². The van der Waals surface area contributed by atoms with Crippen LogP contribution in [0.5, 0.6) is 0 Å². The summed E-state index contributed by atoms with van der Waals surface area (Å²) in [6.45, 7) is 1.91. The molecule has 0 aliphatic heterocycles. The molecular formula is C13H10F3N5OS. The lowest BCUT2D eigenvalue weighted by molar-refractivity contribution is -0.144. The third-order valence-electron chi connectivity index (χ3n) is 3.00. The number of imidazole rings is 1. The van der Waals surface area contributed by atoms with E-state index in [9.17, 15) is 18.0 Å². The molecule has 0 radical (unpaired) electrons. The molecule has 1 aromatic carbocycles. The van der Waals surface area contributed by atoms with E-state index in [-0.39, 0.29) is 16.6 Å². The normalized spacial score (nSPS) is 11.8. The number of benzene rings is 1. The van der Waals surface area contributed by atoms with Crippen LogP contribution in [0.3, 0.4) is 0 Å². The maximum Gasteiger partial charge on any atom is 0.449 e. The Hall–Kier alpha value is -2.49. The van der Waals surface area contributed by atoms with E-state index in [1.165, 1.54) is 29.5 Å². The number of aromatic amines is 1. The molecular weight excluding hydrogens is 331 g/mol. The molecule has 6 nitrogen and oxygen atoms in total. The summed E-state index contributed by atoms with van der Waals surface area (Å²) in [6, 6.07) is 4.07. The third kappa shape index (κ3) is 3.16. The highest BCUT2D eigenvalue weighted by molar-refractivity contribution is 7.15. The molecule has 0 atom stereocenters. The van der Waals surface area contributed by atoms with E-state index in [0.717, 1.165) is 5.01 Å². The fraction of sp³-hybridized carbons (Fsp3) is 0.231. The Kier molecular flexibility index (Phi) is 3.76. The molecule has 0 unspecified atom stereocenters. The van der Waals surface area contributed by atoms with E-state index in [0.29, 0.717) is 11.6 Å². The van der Waals surface area contributed by atoms with Gasteiger partial charge in [0.15, 0.2) is 0 Å². The Balaban J connectivity index is 1.85. The Bertz CT molecular complexity index is 870. The standard InChI is InChI=1S/C13H10F3N5OS/c1-2-9-20-21-12(23-9)19-10(22)6-3-4-7-8(5-6)18-11(17-7)13(14,15)16/h3-5H,2H2,1H3,(H,17,18)(H,19,21,22). The molecule has 0 spiro atoms. The molecule has 3 aromatic rings. The number of nitrogens with one attached hydrogen (secondary N) is 2. The van der Waals surface area contributed by atoms with Crippen LogP contribution in [-0.4, -0.2) is 26.1 Å². The summed E-state index contributed by atoms with van der Waals surface area (Å²) >= 11 is 1.24. The van der Waals surface area contributed by atoms with Crippen LogP contribution in [0.25, 0.3) is 11.0 Å². The summed E-state index contributed by atoms with van der Waals surface area (Å²) < 4.78 is 37.9. The second-order valence-electron chi connectivity index (χ2n) is 4.62. The Morgan fingerprint density at radius 2 is 2.13 bits per heavy atom. The van der Waals surface area contributed by atoms with Crippen LogP contribution in [0.1, 0.15) is 28.1 Å². The molecule has 10 heteroatoms. The topological polar surface area (TPSA) is 83.6 Å². The van der Waals surface area contributed by atoms with Gasteiger partial charge in [0.1, 0.15) is 5.01 Å². The van der Waals surface area contributed by atoms with Crippen LogP contribution in [0.15, 0.2) is 18.2 Å². The summed E-state index contributed by atoms with van der Waals surface area (Å²) in [5.74, 6) is -1.57. The van der Waals surface area contributed by atoms with Crippen molar-refractivity contribution in [1.82, 2.24) is 20.2 Å². The second kappa shape index (κ2) is 5.61. The average molecular weight is 341 g/mol. The lowest BCUT2D eigenvalue weighted by atomic mass is 10.2. The van der Waals surface area contributed by atoms with Crippen LogP contribution in [-0.2, 0) is 12.6 Å². The fourth-order valence-electron chi connectivity index (χ4n) is 1.90. The Labute approximate surface area is 131 Å². The number of rotatable bonds is 3. The van der Waals surface area contributed by atoms with Crippen molar-refractivity contribution in [3.8, 4) is 0 Å². The summed E-state index contributed by atoms with van der Waals surface area (Å²) in [6.07, 6.45) is -3.86. The third-order valence-corrected chi connectivity index (χ3v) is 3.99. The van der Waals surface area contributed by atoms with Gasteiger partial charge in [-0.05, 0) is 24.6 Å². The van der Waals surface area contributed by atoms with Gasteiger partial charge in [0.25, 0.3) is 5.91 Å². The molecule has 1 amide bonds. The highest BCUT2D eigenvalue weighted by Gasteiger charge is 2.34. The first-order chi connectivity index (χ1) is 10.9. The van der Waals surface area contributed by atoms with Crippen LogP contribution in [0.4, 0.5) is 18.3 Å². The number of hydrogen-bond acceptors (Lipinski definition) is 5. The second-order valence-corrected chi connectivity index (χ2v) is 5.69. The van der Waals surface area contributed by atoms with Crippen molar-refractivity contribution in [1.29, 1.82) is 0 Å². The van der Waals surface area contributed by atoms with Gasteiger partial charge in [-0.15, -0.1) is 10.2 Å². The van der Waals surface area contributed by atoms with Crippen molar-refractivity contribution < 1.29 is 18.0 Å².